The molecule has 0 aromatic heterocycles. The number of nitro groups is 1. The van der Waals surface area contributed by atoms with Crippen LogP contribution in [-0.2, 0) is 9.13 Å². The van der Waals surface area contributed by atoms with Crippen LogP contribution in [0.15, 0.2) is 170 Å². The molecule has 0 heterocycles. The molecule has 0 spiro atoms. The third-order valence-electron chi connectivity index (χ3n) is 8.08. The fourth-order valence-electron chi connectivity index (χ4n) is 5.70. The van der Waals surface area contributed by atoms with Crippen LogP contribution in [0, 0.1) is 17.0 Å². The molecule has 0 bridgehead atoms. The predicted octanol–water partition coefficient (Wildman–Crippen LogP) is 9.57. The second kappa shape index (κ2) is 14.0. The minimum absolute atomic E-state index is 0.0248. The second-order valence-electron chi connectivity index (χ2n) is 11.2. The zero-order valence-electron chi connectivity index (χ0n) is 25.9. The van der Waals surface area contributed by atoms with Gasteiger partial charge in [0.2, 0.25) is 0 Å². The van der Waals surface area contributed by atoms with E-state index in [0.29, 0.717) is 26.8 Å². The van der Waals surface area contributed by atoms with E-state index in [1.807, 2.05) is 79.7 Å². The van der Waals surface area contributed by atoms with E-state index < -0.39 is 19.2 Å². The molecule has 0 aliphatic heterocycles. The Kier molecular flexibility index (Phi) is 9.60. The molecule has 6 aromatic carbocycles. The van der Waals surface area contributed by atoms with Crippen molar-refractivity contribution in [2.45, 2.75) is 6.92 Å². The smallest absolute Gasteiger partial charge is 0.278 e. The van der Waals surface area contributed by atoms with Crippen LogP contribution < -0.4 is 21.2 Å². The maximum atomic E-state index is 16.2. The van der Waals surface area contributed by atoms with Crippen molar-refractivity contribution in [2.75, 3.05) is 0 Å². The Morgan fingerprint density at radius 2 is 0.979 bits per heavy atom. The molecule has 8 heteroatoms. The quantitative estimate of drug-likeness (QED) is 0.0657. The molecule has 6 aromatic rings. The van der Waals surface area contributed by atoms with E-state index in [0.717, 1.165) is 5.56 Å². The minimum Gasteiger partial charge on any atom is -0.308 e. The van der Waals surface area contributed by atoms with Crippen molar-refractivity contribution >= 4 is 63.4 Å². The van der Waals surface area contributed by atoms with Gasteiger partial charge in [0.15, 0.2) is 14.3 Å². The van der Waals surface area contributed by atoms with E-state index in [1.165, 1.54) is 18.2 Å². The molecule has 0 saturated carbocycles. The Labute approximate surface area is 284 Å². The maximum absolute atomic E-state index is 16.2. The fraction of sp³-hybridized carbons (Fsp3) is 0.0250. The average molecular weight is 686 g/mol. The Morgan fingerprint density at radius 1 is 0.583 bits per heavy atom. The summed E-state index contributed by atoms with van der Waals surface area (Å²) < 4.78 is 32.2. The highest BCUT2D eigenvalue weighted by Gasteiger charge is 2.39. The summed E-state index contributed by atoms with van der Waals surface area (Å²) in [5, 5.41) is 15.1. The number of nitro benzene ring substituents is 1. The summed E-state index contributed by atoms with van der Waals surface area (Å²) in [7, 11) is -7.77. The molecule has 236 valence electrons. The number of rotatable bonds is 9. The molecule has 0 amide bonds. The highest BCUT2D eigenvalue weighted by Crippen LogP contribution is 2.61. The van der Waals surface area contributed by atoms with Crippen LogP contribution in [0.2, 0.25) is 5.02 Å². The van der Waals surface area contributed by atoms with E-state index >= 15 is 9.13 Å². The first kappa shape index (κ1) is 32.9. The Hall–Kier alpha value is -5.01. The molecule has 0 unspecified atom stereocenters. The van der Waals surface area contributed by atoms with E-state index in [9.17, 15) is 10.1 Å². The van der Waals surface area contributed by atoms with Gasteiger partial charge in [-0.25, -0.2) is 0 Å². The van der Waals surface area contributed by atoms with Gasteiger partial charge in [0.05, 0.1) is 21.1 Å². The van der Waals surface area contributed by atoms with Crippen LogP contribution in [0.5, 0.6) is 0 Å². The Morgan fingerprint density at radius 3 is 1.38 bits per heavy atom. The van der Waals surface area contributed by atoms with Crippen molar-refractivity contribution in [3.05, 3.63) is 201 Å². The number of benzene rings is 6. The molecule has 0 radical (unpaired) electrons. The molecular weight excluding hydrogens is 656 g/mol. The van der Waals surface area contributed by atoms with Crippen LogP contribution in [0.25, 0.3) is 10.6 Å². The summed E-state index contributed by atoms with van der Waals surface area (Å²) in [6.45, 7) is 1.96. The summed E-state index contributed by atoms with van der Waals surface area (Å²) >= 11 is 6.55. The van der Waals surface area contributed by atoms with Gasteiger partial charge < -0.3 is 9.13 Å². The van der Waals surface area contributed by atoms with Gasteiger partial charge in [0.25, 0.3) is 5.69 Å². The first-order valence-electron chi connectivity index (χ1n) is 15.2. The lowest BCUT2D eigenvalue weighted by Crippen LogP contribution is -2.18. The van der Waals surface area contributed by atoms with E-state index in [-0.39, 0.29) is 26.9 Å². The highest BCUT2D eigenvalue weighted by molar-refractivity contribution is 7.88. The molecule has 0 aliphatic rings. The molecule has 6 rings (SSSR count). The average Bonchev–Trinajstić information content (AvgIpc) is 3.13. The predicted molar refractivity (Wildman–Crippen MR) is 199 cm³/mol. The van der Waals surface area contributed by atoms with Gasteiger partial charge >= 0.3 is 0 Å². The summed E-state index contributed by atoms with van der Waals surface area (Å²) in [5.41, 5.74) is 4.74. The fourth-order valence-corrected chi connectivity index (χ4v) is 11.5. The van der Waals surface area contributed by atoms with Gasteiger partial charge in [-0.05, 0) is 24.6 Å². The van der Waals surface area contributed by atoms with Gasteiger partial charge in [-0.2, -0.15) is 0 Å². The minimum atomic E-state index is -3.98. The standard InChI is InChI=1S/C40H30ClNO4P2/c1-30-22-24-31(25-23-30)39(47(45,33-14-6-2-7-15-33)34-16-8-3-9-17-34)29-40(37-28-32(41)26-27-38(37)42(43)44)48(46,35-18-10-4-11-19-35)36-20-12-5-13-21-36/h2-28H,1H3. The van der Waals surface area contributed by atoms with Gasteiger partial charge in [0, 0.05) is 32.3 Å². The first-order chi connectivity index (χ1) is 23.2. The van der Waals surface area contributed by atoms with Gasteiger partial charge in [-0.15, -0.1) is 0 Å². The van der Waals surface area contributed by atoms with Crippen molar-refractivity contribution in [2.24, 2.45) is 0 Å². The largest absolute Gasteiger partial charge is 0.308 e. The topological polar surface area (TPSA) is 77.3 Å². The maximum Gasteiger partial charge on any atom is 0.278 e. The lowest BCUT2D eigenvalue weighted by Gasteiger charge is -2.25. The molecular formula is C40H30ClNO4P2. The van der Waals surface area contributed by atoms with Crippen molar-refractivity contribution < 1.29 is 14.1 Å². The summed E-state index contributed by atoms with van der Waals surface area (Å²) in [4.78, 5) is 12.1. The molecule has 0 N–H and O–H groups in total. The van der Waals surface area contributed by atoms with Crippen LogP contribution in [0.1, 0.15) is 16.7 Å². The number of halogens is 1. The number of hydrogen-bond acceptors (Lipinski definition) is 4. The van der Waals surface area contributed by atoms with Crippen LogP contribution in [0.4, 0.5) is 5.69 Å². The second-order valence-corrected chi connectivity index (χ2v) is 17.0. The van der Waals surface area contributed by atoms with Crippen molar-refractivity contribution in [3.8, 4) is 0 Å². The normalized spacial score (nSPS) is 11.4. The Balaban J connectivity index is 1.91. The first-order valence-corrected chi connectivity index (χ1v) is 19.0. The van der Waals surface area contributed by atoms with Crippen LogP contribution >= 0.6 is 25.9 Å². The summed E-state index contributed by atoms with van der Waals surface area (Å²) in [5.74, 6) is 0. The molecule has 0 saturated heterocycles. The molecule has 5 nitrogen and oxygen atoms in total. The highest BCUT2D eigenvalue weighted by atomic mass is 35.5. The van der Waals surface area contributed by atoms with E-state index in [2.05, 4.69) is 5.73 Å². The SMILES string of the molecule is Cc1ccc(C(=C=C(c2cc(Cl)ccc2[N+](=O)[O-])P(=O)(c2ccccc2)c2ccccc2)P(=O)(c2ccccc2)c2ccccc2)cc1. The number of nitrogens with zero attached hydrogens (tertiary/aromatic N) is 1. The van der Waals surface area contributed by atoms with E-state index in [4.69, 9.17) is 11.6 Å². The van der Waals surface area contributed by atoms with Gasteiger partial charge in [-0.1, -0.05) is 168 Å². The van der Waals surface area contributed by atoms with Gasteiger partial charge in [-0.3, -0.25) is 10.1 Å². The summed E-state index contributed by atoms with van der Waals surface area (Å²) in [6, 6.07) is 47.6. The van der Waals surface area contributed by atoms with Crippen LogP contribution in [0.3, 0.4) is 0 Å². The zero-order chi connectivity index (χ0) is 33.7. The van der Waals surface area contributed by atoms with Crippen molar-refractivity contribution in [3.63, 3.8) is 0 Å². The zero-order valence-corrected chi connectivity index (χ0v) is 28.5. The lowest BCUT2D eigenvalue weighted by molar-refractivity contribution is -0.385. The van der Waals surface area contributed by atoms with E-state index in [1.54, 1.807) is 72.8 Å². The van der Waals surface area contributed by atoms with Crippen molar-refractivity contribution in [1.29, 1.82) is 0 Å². The van der Waals surface area contributed by atoms with Crippen molar-refractivity contribution in [1.82, 2.24) is 0 Å². The molecule has 0 fully saturated rings. The number of aryl methyl sites for hydroxylation is 1. The monoisotopic (exact) mass is 685 g/mol. The van der Waals surface area contributed by atoms with Crippen LogP contribution in [-0.4, -0.2) is 4.92 Å². The number of hydrogen-bond donors (Lipinski definition) is 0. The third kappa shape index (κ3) is 6.30. The molecule has 48 heavy (non-hydrogen) atoms. The van der Waals surface area contributed by atoms with Gasteiger partial charge in [0.1, 0.15) is 0 Å². The lowest BCUT2D eigenvalue weighted by atomic mass is 10.1. The molecule has 0 atom stereocenters. The summed E-state index contributed by atoms with van der Waals surface area (Å²) in [6.07, 6.45) is 0. The molecule has 0 aliphatic carbocycles. The third-order valence-corrected chi connectivity index (χ3v) is 14.4. The Bertz CT molecular complexity index is 2160.